The average molecular weight is 440 g/mol. The number of rotatable bonds is 5. The first kappa shape index (κ1) is 21.7. The Bertz CT molecular complexity index is 1140. The van der Waals surface area contributed by atoms with Gasteiger partial charge < -0.3 is 15.1 Å². The van der Waals surface area contributed by atoms with Crippen LogP contribution in [0, 0.1) is 17.2 Å². The van der Waals surface area contributed by atoms with E-state index in [1.54, 1.807) is 6.20 Å². The summed E-state index contributed by atoms with van der Waals surface area (Å²) >= 11 is 0. The maximum absolute atomic E-state index is 9.49. The molecule has 5 rings (SSSR count). The molecule has 0 spiro atoms. The second-order valence-electron chi connectivity index (χ2n) is 9.68. The van der Waals surface area contributed by atoms with Gasteiger partial charge in [-0.2, -0.15) is 5.26 Å². The lowest BCUT2D eigenvalue weighted by molar-refractivity contribution is 0.350. The van der Waals surface area contributed by atoms with Gasteiger partial charge in [0, 0.05) is 61.7 Å². The van der Waals surface area contributed by atoms with Crippen molar-refractivity contribution in [3.8, 4) is 6.07 Å². The van der Waals surface area contributed by atoms with Crippen LogP contribution in [-0.2, 0) is 6.54 Å². The van der Waals surface area contributed by atoms with Crippen molar-refractivity contribution in [1.82, 2.24) is 10.3 Å². The quantitative estimate of drug-likeness (QED) is 0.599. The van der Waals surface area contributed by atoms with Gasteiger partial charge in [-0.3, -0.25) is 4.98 Å². The first-order valence-electron chi connectivity index (χ1n) is 12.3. The molecule has 3 aromatic rings. The Morgan fingerprint density at radius 3 is 2.76 bits per heavy atom. The average Bonchev–Trinajstić information content (AvgIpc) is 2.87. The van der Waals surface area contributed by atoms with Crippen molar-refractivity contribution in [1.29, 1.82) is 5.26 Å². The fraction of sp³-hybridized carbons (Fsp3) is 0.429. The molecule has 0 bridgehead atoms. The summed E-state index contributed by atoms with van der Waals surface area (Å²) in [5.74, 6) is 0.596. The Balaban J connectivity index is 1.30. The molecule has 5 nitrogen and oxygen atoms in total. The third kappa shape index (κ3) is 4.82. The van der Waals surface area contributed by atoms with Gasteiger partial charge in [-0.05, 0) is 73.6 Å². The van der Waals surface area contributed by atoms with Crippen LogP contribution < -0.4 is 15.1 Å². The highest BCUT2D eigenvalue weighted by Crippen LogP contribution is 2.31. The minimum Gasteiger partial charge on any atom is -0.372 e. The van der Waals surface area contributed by atoms with Gasteiger partial charge in [0.05, 0.1) is 11.1 Å². The molecule has 0 aliphatic carbocycles. The van der Waals surface area contributed by atoms with E-state index in [9.17, 15) is 5.26 Å². The summed E-state index contributed by atoms with van der Waals surface area (Å²) in [6.07, 6.45) is 6.91. The maximum atomic E-state index is 9.49. The summed E-state index contributed by atoms with van der Waals surface area (Å²) in [6.45, 7) is 7.58. The van der Waals surface area contributed by atoms with Crippen molar-refractivity contribution in [3.05, 3.63) is 65.9 Å². The summed E-state index contributed by atoms with van der Waals surface area (Å²) in [7, 11) is 0. The monoisotopic (exact) mass is 439 g/mol. The second kappa shape index (κ2) is 9.80. The number of nitriles is 1. The third-order valence-corrected chi connectivity index (χ3v) is 7.09. The third-order valence-electron chi connectivity index (χ3n) is 7.09. The molecule has 3 heterocycles. The first-order valence-corrected chi connectivity index (χ1v) is 12.3. The van der Waals surface area contributed by atoms with Gasteiger partial charge in [-0.25, -0.2) is 0 Å². The predicted octanol–water partition coefficient (Wildman–Crippen LogP) is 5.10. The van der Waals surface area contributed by atoms with Crippen molar-refractivity contribution in [2.24, 2.45) is 5.92 Å². The van der Waals surface area contributed by atoms with Gasteiger partial charge in [0.1, 0.15) is 6.07 Å². The normalized spacial score (nSPS) is 21.2. The molecule has 0 unspecified atom stereocenters. The second-order valence-corrected chi connectivity index (χ2v) is 9.68. The Kier molecular flexibility index (Phi) is 6.46. The van der Waals surface area contributed by atoms with E-state index in [0.717, 1.165) is 30.5 Å². The van der Waals surface area contributed by atoms with Crippen molar-refractivity contribution in [2.75, 3.05) is 36.0 Å². The minimum atomic E-state index is 0.426. The number of nitrogens with one attached hydrogen (secondary N) is 1. The van der Waals surface area contributed by atoms with Gasteiger partial charge in [-0.1, -0.05) is 19.1 Å². The zero-order valence-electron chi connectivity index (χ0n) is 19.5. The molecule has 0 saturated carbocycles. The van der Waals surface area contributed by atoms with Crippen molar-refractivity contribution < 1.29 is 0 Å². The van der Waals surface area contributed by atoms with E-state index in [4.69, 9.17) is 0 Å². The van der Waals surface area contributed by atoms with E-state index in [2.05, 4.69) is 69.5 Å². The predicted molar refractivity (Wildman–Crippen MR) is 136 cm³/mol. The van der Waals surface area contributed by atoms with Crippen LogP contribution in [-0.4, -0.2) is 37.2 Å². The molecular formula is C28H33N5. The molecule has 2 saturated heterocycles. The van der Waals surface area contributed by atoms with Gasteiger partial charge in [0.25, 0.3) is 0 Å². The highest BCUT2D eigenvalue weighted by Gasteiger charge is 2.26. The van der Waals surface area contributed by atoms with E-state index < -0.39 is 0 Å². The summed E-state index contributed by atoms with van der Waals surface area (Å²) in [5.41, 5.74) is 5.35. The highest BCUT2D eigenvalue weighted by molar-refractivity contribution is 5.95. The number of hydrogen-bond acceptors (Lipinski definition) is 5. The molecule has 2 aliphatic rings. The molecule has 0 radical (unpaired) electrons. The summed E-state index contributed by atoms with van der Waals surface area (Å²) in [5, 5.41) is 14.4. The fourth-order valence-electron chi connectivity index (χ4n) is 5.50. The largest absolute Gasteiger partial charge is 0.372 e. The van der Waals surface area contributed by atoms with Gasteiger partial charge in [-0.15, -0.1) is 0 Å². The molecule has 2 atom stereocenters. The maximum Gasteiger partial charge on any atom is 0.101 e. The summed E-state index contributed by atoms with van der Waals surface area (Å²) in [4.78, 5) is 9.50. The van der Waals surface area contributed by atoms with Crippen LogP contribution in [0.3, 0.4) is 0 Å². The van der Waals surface area contributed by atoms with E-state index in [0.29, 0.717) is 17.5 Å². The summed E-state index contributed by atoms with van der Waals surface area (Å²) < 4.78 is 0. The van der Waals surface area contributed by atoms with Gasteiger partial charge >= 0.3 is 0 Å². The number of fused-ring (bicyclic) bond motifs is 1. The topological polar surface area (TPSA) is 55.2 Å². The number of anilines is 2. The van der Waals surface area contributed by atoms with Crippen LogP contribution >= 0.6 is 0 Å². The Hall–Kier alpha value is -3.10. The number of pyridine rings is 1. The zero-order valence-corrected chi connectivity index (χ0v) is 19.5. The molecule has 2 aliphatic heterocycles. The molecule has 5 heteroatoms. The lowest BCUT2D eigenvalue weighted by Gasteiger charge is -2.39. The van der Waals surface area contributed by atoms with Crippen molar-refractivity contribution in [3.63, 3.8) is 0 Å². The van der Waals surface area contributed by atoms with Crippen LogP contribution in [0.2, 0.25) is 0 Å². The van der Waals surface area contributed by atoms with Crippen LogP contribution in [0.5, 0.6) is 0 Å². The highest BCUT2D eigenvalue weighted by atomic mass is 15.2. The summed E-state index contributed by atoms with van der Waals surface area (Å²) in [6, 6.07) is 19.8. The Morgan fingerprint density at radius 1 is 1.03 bits per heavy atom. The van der Waals surface area contributed by atoms with Gasteiger partial charge in [0.15, 0.2) is 0 Å². The van der Waals surface area contributed by atoms with E-state index in [1.807, 2.05) is 12.1 Å². The van der Waals surface area contributed by atoms with E-state index in [1.165, 1.54) is 55.7 Å². The molecule has 1 N–H and O–H groups in total. The number of piperidine rings is 2. The van der Waals surface area contributed by atoms with Crippen molar-refractivity contribution in [2.45, 2.75) is 45.2 Å². The standard InChI is InChI=1S/C28H33N5/c1-21-15-24(31-18-22-7-5-8-25(16-22)32-13-3-2-4-14-32)20-33(19-21)27-11-10-23(17-29)28-26(27)9-6-12-30-28/h5-12,16,21,24,31H,2-4,13-15,18-20H2,1H3/t21-,24+/m0/s1. The van der Waals surface area contributed by atoms with Crippen LogP contribution in [0.15, 0.2) is 54.7 Å². The number of benzene rings is 2. The molecular weight excluding hydrogens is 406 g/mol. The molecule has 33 heavy (non-hydrogen) atoms. The van der Waals surface area contributed by atoms with Crippen LogP contribution in [0.4, 0.5) is 11.4 Å². The number of aromatic nitrogens is 1. The lowest BCUT2D eigenvalue weighted by Crippen LogP contribution is -2.48. The SMILES string of the molecule is C[C@H]1C[C@@H](NCc2cccc(N3CCCCC3)c2)CN(c2ccc(C#N)c3ncccc23)C1. The molecule has 1 aromatic heterocycles. The minimum absolute atomic E-state index is 0.426. The van der Waals surface area contributed by atoms with E-state index in [-0.39, 0.29) is 0 Å². The molecule has 170 valence electrons. The van der Waals surface area contributed by atoms with E-state index >= 15 is 0 Å². The number of hydrogen-bond donors (Lipinski definition) is 1. The first-order chi connectivity index (χ1) is 16.2. The van der Waals surface area contributed by atoms with Crippen LogP contribution in [0.1, 0.15) is 43.7 Å². The fourth-order valence-corrected chi connectivity index (χ4v) is 5.50. The Labute approximate surface area is 197 Å². The zero-order chi connectivity index (χ0) is 22.6. The molecule has 0 amide bonds. The molecule has 2 fully saturated rings. The Morgan fingerprint density at radius 2 is 1.91 bits per heavy atom. The van der Waals surface area contributed by atoms with Crippen molar-refractivity contribution >= 4 is 22.3 Å². The lowest BCUT2D eigenvalue weighted by atomic mass is 9.94. The van der Waals surface area contributed by atoms with Crippen LogP contribution in [0.25, 0.3) is 10.9 Å². The molecule has 2 aromatic carbocycles. The van der Waals surface area contributed by atoms with Gasteiger partial charge in [0.2, 0.25) is 0 Å². The smallest absolute Gasteiger partial charge is 0.101 e. The number of nitrogens with zero attached hydrogens (tertiary/aromatic N) is 4.